The first-order chi connectivity index (χ1) is 9.06. The first-order valence-corrected chi connectivity index (χ1v) is 6.41. The molecule has 0 saturated heterocycles. The maximum Gasteiger partial charge on any atom is 0.354 e. The highest BCUT2D eigenvalue weighted by atomic mass is 32.1. The number of pyridine rings is 1. The number of nitrogens with zero attached hydrogens (tertiary/aromatic N) is 1. The predicted molar refractivity (Wildman–Crippen MR) is 71.4 cm³/mol. The minimum atomic E-state index is -1.11. The average molecular weight is 276 g/mol. The van der Waals surface area contributed by atoms with Crippen molar-refractivity contribution in [3.05, 3.63) is 51.5 Å². The molecular weight excluding hydrogens is 264 g/mol. The number of carbonyl (C=O) groups excluding carboxylic acids is 1. The molecule has 0 spiro atoms. The summed E-state index contributed by atoms with van der Waals surface area (Å²) in [6, 6.07) is 6.72. The summed E-state index contributed by atoms with van der Waals surface area (Å²) in [5.74, 6) is -1.38. The zero-order chi connectivity index (χ0) is 13.8. The Bertz CT molecular complexity index is 605. The van der Waals surface area contributed by atoms with Crippen LogP contribution < -0.4 is 5.32 Å². The number of rotatable bonds is 4. The molecule has 0 atom stereocenters. The van der Waals surface area contributed by atoms with Gasteiger partial charge >= 0.3 is 5.97 Å². The number of carboxylic acid groups (broad SMARTS) is 1. The zero-order valence-electron chi connectivity index (χ0n) is 10.2. The lowest BCUT2D eigenvalue weighted by Crippen LogP contribution is -2.22. The summed E-state index contributed by atoms with van der Waals surface area (Å²) >= 11 is 1.62. The lowest BCUT2D eigenvalue weighted by molar-refractivity contribution is 0.0689. The zero-order valence-corrected chi connectivity index (χ0v) is 11.0. The highest BCUT2D eigenvalue weighted by molar-refractivity contribution is 7.11. The summed E-state index contributed by atoms with van der Waals surface area (Å²) in [6.07, 6.45) is 1.26. The molecule has 0 unspecified atom stereocenters. The summed E-state index contributed by atoms with van der Waals surface area (Å²) < 4.78 is 0. The molecule has 0 aliphatic carbocycles. The second-order valence-corrected chi connectivity index (χ2v) is 5.30. The fraction of sp³-hybridized carbons (Fsp3) is 0.154. The smallest absolute Gasteiger partial charge is 0.354 e. The molecule has 5 nitrogen and oxygen atoms in total. The maximum atomic E-state index is 11.8. The van der Waals surface area contributed by atoms with Crippen molar-refractivity contribution in [2.24, 2.45) is 0 Å². The van der Waals surface area contributed by atoms with E-state index < -0.39 is 5.97 Å². The molecule has 0 fully saturated rings. The number of thiophene rings is 1. The van der Waals surface area contributed by atoms with E-state index in [2.05, 4.69) is 10.3 Å². The number of amides is 1. The molecule has 2 aromatic heterocycles. The van der Waals surface area contributed by atoms with Gasteiger partial charge in [0.05, 0.1) is 12.1 Å². The summed E-state index contributed by atoms with van der Waals surface area (Å²) in [5, 5.41) is 11.5. The highest BCUT2D eigenvalue weighted by Crippen LogP contribution is 2.14. The molecule has 2 heterocycles. The van der Waals surface area contributed by atoms with Crippen molar-refractivity contribution >= 4 is 23.2 Å². The summed E-state index contributed by atoms with van der Waals surface area (Å²) in [4.78, 5) is 28.4. The number of aryl methyl sites for hydroxylation is 1. The molecule has 0 aliphatic heterocycles. The van der Waals surface area contributed by atoms with Gasteiger partial charge in [-0.05, 0) is 31.2 Å². The van der Waals surface area contributed by atoms with Crippen molar-refractivity contribution in [3.63, 3.8) is 0 Å². The normalized spacial score (nSPS) is 10.2. The van der Waals surface area contributed by atoms with E-state index in [0.29, 0.717) is 12.1 Å². The van der Waals surface area contributed by atoms with Gasteiger partial charge in [-0.15, -0.1) is 11.3 Å². The minimum Gasteiger partial charge on any atom is -0.477 e. The highest BCUT2D eigenvalue weighted by Gasteiger charge is 2.09. The Morgan fingerprint density at radius 3 is 2.63 bits per heavy atom. The van der Waals surface area contributed by atoms with Crippen LogP contribution >= 0.6 is 11.3 Å². The van der Waals surface area contributed by atoms with Crippen LogP contribution in [0.1, 0.15) is 30.6 Å². The Hall–Kier alpha value is -2.21. The molecule has 0 saturated carbocycles. The van der Waals surface area contributed by atoms with Crippen molar-refractivity contribution in [3.8, 4) is 0 Å². The summed E-state index contributed by atoms with van der Waals surface area (Å²) in [5.41, 5.74) is 0.267. The van der Waals surface area contributed by atoms with Crippen LogP contribution in [0.4, 0.5) is 0 Å². The maximum absolute atomic E-state index is 11.8. The topological polar surface area (TPSA) is 79.3 Å². The van der Waals surface area contributed by atoms with E-state index >= 15 is 0 Å². The van der Waals surface area contributed by atoms with Crippen molar-refractivity contribution in [2.75, 3.05) is 0 Å². The molecular formula is C13H12N2O3S. The van der Waals surface area contributed by atoms with Crippen molar-refractivity contribution in [1.82, 2.24) is 10.3 Å². The third-order valence-electron chi connectivity index (χ3n) is 2.46. The molecule has 0 bridgehead atoms. The summed E-state index contributed by atoms with van der Waals surface area (Å²) in [6.45, 7) is 2.46. The Morgan fingerprint density at radius 1 is 1.32 bits per heavy atom. The monoisotopic (exact) mass is 276 g/mol. The quantitative estimate of drug-likeness (QED) is 0.896. The van der Waals surface area contributed by atoms with Crippen molar-refractivity contribution in [1.29, 1.82) is 0 Å². The number of hydrogen-bond donors (Lipinski definition) is 2. The van der Waals surface area contributed by atoms with Crippen molar-refractivity contribution in [2.45, 2.75) is 13.5 Å². The largest absolute Gasteiger partial charge is 0.477 e. The third kappa shape index (κ3) is 3.38. The standard InChI is InChI=1S/C13H12N2O3S/c1-8-2-4-10(19-8)7-15-12(16)9-3-5-11(13(17)18)14-6-9/h2-6H,7H2,1H3,(H,15,16)(H,17,18). The Balaban J connectivity index is 1.98. The molecule has 0 aromatic carbocycles. The number of carbonyl (C=O) groups is 2. The SMILES string of the molecule is Cc1ccc(CNC(=O)c2ccc(C(=O)O)nc2)s1. The van der Waals surface area contributed by atoms with Crippen LogP contribution in [-0.2, 0) is 6.54 Å². The van der Waals surface area contributed by atoms with Gasteiger partial charge in [-0.25, -0.2) is 9.78 Å². The summed E-state index contributed by atoms with van der Waals surface area (Å²) in [7, 11) is 0. The third-order valence-corrected chi connectivity index (χ3v) is 3.46. The number of aromatic nitrogens is 1. The van der Waals surface area contributed by atoms with Gasteiger partial charge in [0.15, 0.2) is 0 Å². The fourth-order valence-electron chi connectivity index (χ4n) is 1.50. The first-order valence-electron chi connectivity index (χ1n) is 5.59. The molecule has 2 aromatic rings. The second kappa shape index (κ2) is 5.62. The lowest BCUT2D eigenvalue weighted by atomic mass is 10.2. The van der Waals surface area contributed by atoms with Crippen LogP contribution in [0.3, 0.4) is 0 Å². The van der Waals surface area contributed by atoms with Gasteiger partial charge < -0.3 is 10.4 Å². The predicted octanol–water partition coefficient (Wildman–Crippen LogP) is 2.08. The van der Waals surface area contributed by atoms with E-state index in [4.69, 9.17) is 5.11 Å². The van der Waals surface area contributed by atoms with Gasteiger partial charge in [0.2, 0.25) is 0 Å². The van der Waals surface area contributed by atoms with Gasteiger partial charge in [0.25, 0.3) is 5.91 Å². The van der Waals surface area contributed by atoms with E-state index in [-0.39, 0.29) is 11.6 Å². The Labute approximate surface area is 113 Å². The van der Waals surface area contributed by atoms with Crippen LogP contribution in [0, 0.1) is 6.92 Å². The van der Waals surface area contributed by atoms with Crippen LogP contribution in [0.5, 0.6) is 0 Å². The number of aromatic carboxylic acids is 1. The van der Waals surface area contributed by atoms with Gasteiger partial charge in [0.1, 0.15) is 5.69 Å². The fourth-order valence-corrected chi connectivity index (χ4v) is 2.33. The molecule has 0 radical (unpaired) electrons. The minimum absolute atomic E-state index is 0.0783. The van der Waals surface area contributed by atoms with Crippen LogP contribution in [0.25, 0.3) is 0 Å². The lowest BCUT2D eigenvalue weighted by Gasteiger charge is -2.03. The van der Waals surface area contributed by atoms with E-state index in [0.717, 1.165) is 4.88 Å². The van der Waals surface area contributed by atoms with Crippen LogP contribution in [-0.4, -0.2) is 22.0 Å². The van der Waals surface area contributed by atoms with Crippen LogP contribution in [0.15, 0.2) is 30.5 Å². The molecule has 1 amide bonds. The Kier molecular flexibility index (Phi) is 3.91. The van der Waals surface area contributed by atoms with E-state index in [9.17, 15) is 9.59 Å². The van der Waals surface area contributed by atoms with Gasteiger partial charge in [-0.3, -0.25) is 4.79 Å². The van der Waals surface area contributed by atoms with E-state index in [1.807, 2.05) is 19.1 Å². The second-order valence-electron chi connectivity index (χ2n) is 3.93. The molecule has 2 rings (SSSR count). The first kappa shape index (κ1) is 13.2. The van der Waals surface area contributed by atoms with Crippen molar-refractivity contribution < 1.29 is 14.7 Å². The molecule has 0 aliphatic rings. The van der Waals surface area contributed by atoms with Crippen LogP contribution in [0.2, 0.25) is 0 Å². The average Bonchev–Trinajstić information content (AvgIpc) is 2.82. The molecule has 19 heavy (non-hydrogen) atoms. The molecule has 2 N–H and O–H groups in total. The number of hydrogen-bond acceptors (Lipinski definition) is 4. The van der Waals surface area contributed by atoms with Gasteiger partial charge in [0, 0.05) is 16.0 Å². The Morgan fingerprint density at radius 2 is 2.11 bits per heavy atom. The number of carboxylic acids is 1. The van der Waals surface area contributed by atoms with E-state index in [1.165, 1.54) is 23.2 Å². The molecule has 98 valence electrons. The van der Waals surface area contributed by atoms with E-state index in [1.54, 1.807) is 11.3 Å². The number of nitrogens with one attached hydrogen (secondary N) is 1. The van der Waals surface area contributed by atoms with Gasteiger partial charge in [-0.1, -0.05) is 0 Å². The molecule has 6 heteroatoms. The van der Waals surface area contributed by atoms with Gasteiger partial charge in [-0.2, -0.15) is 0 Å².